The number of hydrogen-bond donors (Lipinski definition) is 0. The number of pyridine rings is 2. The molecule has 5 nitrogen and oxygen atoms in total. The smallest absolute Gasteiger partial charge is 0.356 e. The standard InChI is InChI=1S/C20H21F3N4O/c1-14-4-2-9-24-17(14)27-11-8-19(18(27)28)7-3-10-26(13-19)16-6-5-15(12-25-16)20(21,22)23/h2,4-6,9,12H,3,7-8,10-11,13H2,1H3/t19-/m1/s1. The molecular formula is C20H21F3N4O. The highest BCUT2D eigenvalue weighted by Gasteiger charge is 2.50. The molecule has 2 fully saturated rings. The first-order valence-corrected chi connectivity index (χ1v) is 9.32. The van der Waals surface area contributed by atoms with E-state index in [-0.39, 0.29) is 5.91 Å². The predicted octanol–water partition coefficient (Wildman–Crippen LogP) is 3.83. The van der Waals surface area contributed by atoms with Gasteiger partial charge in [-0.25, -0.2) is 9.97 Å². The highest BCUT2D eigenvalue weighted by molar-refractivity contribution is 6.00. The lowest BCUT2D eigenvalue weighted by Gasteiger charge is -2.39. The summed E-state index contributed by atoms with van der Waals surface area (Å²) < 4.78 is 38.3. The normalized spacial score (nSPS) is 22.9. The summed E-state index contributed by atoms with van der Waals surface area (Å²) in [5.41, 5.74) is -0.353. The van der Waals surface area contributed by atoms with Gasteiger partial charge >= 0.3 is 6.18 Å². The maximum absolute atomic E-state index is 13.3. The second-order valence-corrected chi connectivity index (χ2v) is 7.56. The molecule has 4 rings (SSSR count). The molecule has 0 aromatic carbocycles. The van der Waals surface area contributed by atoms with Gasteiger partial charge in [-0.05, 0) is 49.9 Å². The number of piperidine rings is 1. The van der Waals surface area contributed by atoms with Crippen LogP contribution < -0.4 is 9.80 Å². The summed E-state index contributed by atoms with van der Waals surface area (Å²) >= 11 is 0. The number of hydrogen-bond acceptors (Lipinski definition) is 4. The lowest BCUT2D eigenvalue weighted by Crippen LogP contribution is -2.48. The molecule has 0 N–H and O–H groups in total. The number of rotatable bonds is 2. The molecule has 28 heavy (non-hydrogen) atoms. The van der Waals surface area contributed by atoms with Gasteiger partial charge in [-0.15, -0.1) is 0 Å². The third kappa shape index (κ3) is 3.21. The zero-order chi connectivity index (χ0) is 19.9. The molecule has 2 saturated heterocycles. The lowest BCUT2D eigenvalue weighted by molar-refractivity contribution is -0.137. The highest BCUT2D eigenvalue weighted by atomic mass is 19.4. The number of aryl methyl sites for hydroxylation is 1. The molecule has 0 saturated carbocycles. The van der Waals surface area contributed by atoms with Gasteiger partial charge in [-0.1, -0.05) is 6.07 Å². The number of carbonyl (C=O) groups excluding carboxylic acids is 1. The summed E-state index contributed by atoms with van der Waals surface area (Å²) in [6.45, 7) is 3.67. The lowest BCUT2D eigenvalue weighted by atomic mass is 9.78. The van der Waals surface area contributed by atoms with Crippen molar-refractivity contribution in [1.82, 2.24) is 9.97 Å². The molecule has 1 amide bonds. The molecular weight excluding hydrogens is 369 g/mol. The Morgan fingerprint density at radius 3 is 2.61 bits per heavy atom. The Morgan fingerprint density at radius 2 is 1.93 bits per heavy atom. The second kappa shape index (κ2) is 6.76. The molecule has 0 bridgehead atoms. The number of amides is 1. The van der Waals surface area contributed by atoms with Crippen molar-refractivity contribution in [2.75, 3.05) is 29.4 Å². The molecule has 8 heteroatoms. The van der Waals surface area contributed by atoms with E-state index in [4.69, 9.17) is 0 Å². The van der Waals surface area contributed by atoms with Gasteiger partial charge in [0.05, 0.1) is 11.0 Å². The Bertz CT molecular complexity index is 884. The van der Waals surface area contributed by atoms with Crippen LogP contribution in [-0.2, 0) is 11.0 Å². The van der Waals surface area contributed by atoms with E-state index in [1.54, 1.807) is 11.1 Å². The molecule has 2 aliphatic heterocycles. The Hall–Kier alpha value is -2.64. The quantitative estimate of drug-likeness (QED) is 0.782. The first kappa shape index (κ1) is 18.7. The zero-order valence-electron chi connectivity index (χ0n) is 15.5. The molecule has 1 atom stereocenters. The summed E-state index contributed by atoms with van der Waals surface area (Å²) in [6, 6.07) is 6.21. The summed E-state index contributed by atoms with van der Waals surface area (Å²) in [4.78, 5) is 25.3. The largest absolute Gasteiger partial charge is 0.417 e. The SMILES string of the molecule is Cc1cccnc1N1CC[C@@]2(CCCN(c3ccc(C(F)(F)F)cn3)C2)C1=O. The molecule has 0 radical (unpaired) electrons. The van der Waals surface area contributed by atoms with E-state index in [2.05, 4.69) is 9.97 Å². The Labute approximate surface area is 161 Å². The van der Waals surface area contributed by atoms with Crippen molar-refractivity contribution in [2.24, 2.45) is 5.41 Å². The van der Waals surface area contributed by atoms with Crippen molar-refractivity contribution in [2.45, 2.75) is 32.4 Å². The number of nitrogens with zero attached hydrogens (tertiary/aromatic N) is 4. The van der Waals surface area contributed by atoms with Crippen molar-refractivity contribution in [1.29, 1.82) is 0 Å². The van der Waals surface area contributed by atoms with Crippen molar-refractivity contribution >= 4 is 17.5 Å². The maximum Gasteiger partial charge on any atom is 0.417 e. The van der Waals surface area contributed by atoms with Crippen LogP contribution in [0.5, 0.6) is 0 Å². The topological polar surface area (TPSA) is 49.3 Å². The van der Waals surface area contributed by atoms with E-state index < -0.39 is 17.2 Å². The van der Waals surface area contributed by atoms with Crippen LogP contribution in [0.3, 0.4) is 0 Å². The fraction of sp³-hybridized carbons (Fsp3) is 0.450. The van der Waals surface area contributed by atoms with Gasteiger partial charge in [0.25, 0.3) is 0 Å². The van der Waals surface area contributed by atoms with Crippen LogP contribution in [-0.4, -0.2) is 35.5 Å². The van der Waals surface area contributed by atoms with E-state index in [1.807, 2.05) is 24.0 Å². The van der Waals surface area contributed by atoms with E-state index in [1.165, 1.54) is 6.07 Å². The first-order chi connectivity index (χ1) is 13.3. The first-order valence-electron chi connectivity index (χ1n) is 9.32. The minimum absolute atomic E-state index is 0.0471. The molecule has 0 aliphatic carbocycles. The minimum Gasteiger partial charge on any atom is -0.356 e. The van der Waals surface area contributed by atoms with Crippen LogP contribution in [0.1, 0.15) is 30.4 Å². The third-order valence-corrected chi connectivity index (χ3v) is 5.73. The van der Waals surface area contributed by atoms with Gasteiger partial charge in [0, 0.05) is 32.0 Å². The van der Waals surface area contributed by atoms with Gasteiger partial charge in [0.2, 0.25) is 5.91 Å². The molecule has 0 unspecified atom stereocenters. The zero-order valence-corrected chi connectivity index (χ0v) is 15.5. The number of carbonyl (C=O) groups is 1. The summed E-state index contributed by atoms with van der Waals surface area (Å²) in [5, 5.41) is 0. The van der Waals surface area contributed by atoms with Crippen LogP contribution in [0, 0.1) is 12.3 Å². The van der Waals surface area contributed by atoms with Gasteiger partial charge in [-0.3, -0.25) is 9.69 Å². The van der Waals surface area contributed by atoms with Crippen molar-refractivity contribution in [3.8, 4) is 0 Å². The predicted molar refractivity (Wildman–Crippen MR) is 99.1 cm³/mol. The van der Waals surface area contributed by atoms with E-state index in [0.29, 0.717) is 37.7 Å². The van der Waals surface area contributed by atoms with Gasteiger partial charge in [-0.2, -0.15) is 13.2 Å². The fourth-order valence-corrected chi connectivity index (χ4v) is 4.23. The van der Waals surface area contributed by atoms with Crippen molar-refractivity contribution in [3.63, 3.8) is 0 Å². The van der Waals surface area contributed by atoms with Crippen molar-refractivity contribution in [3.05, 3.63) is 47.8 Å². The second-order valence-electron chi connectivity index (χ2n) is 7.56. The number of alkyl halides is 3. The monoisotopic (exact) mass is 390 g/mol. The summed E-state index contributed by atoms with van der Waals surface area (Å²) in [6.07, 6.45) is 0.404. The summed E-state index contributed by atoms with van der Waals surface area (Å²) in [5.74, 6) is 1.22. The number of anilines is 2. The average molecular weight is 390 g/mol. The van der Waals surface area contributed by atoms with Crippen molar-refractivity contribution < 1.29 is 18.0 Å². The van der Waals surface area contributed by atoms with E-state index in [0.717, 1.165) is 30.7 Å². The van der Waals surface area contributed by atoms with Gasteiger partial charge in [0.1, 0.15) is 11.6 Å². The Balaban J connectivity index is 1.55. The Kier molecular flexibility index (Phi) is 4.51. The minimum atomic E-state index is -4.41. The van der Waals surface area contributed by atoms with Crippen LogP contribution in [0.2, 0.25) is 0 Å². The molecule has 2 aromatic heterocycles. The third-order valence-electron chi connectivity index (χ3n) is 5.73. The van der Waals surface area contributed by atoms with Crippen LogP contribution >= 0.6 is 0 Å². The molecule has 4 heterocycles. The summed E-state index contributed by atoms with van der Waals surface area (Å²) in [7, 11) is 0. The average Bonchev–Trinajstić information content (AvgIpc) is 2.97. The van der Waals surface area contributed by atoms with E-state index >= 15 is 0 Å². The maximum atomic E-state index is 13.3. The number of aromatic nitrogens is 2. The van der Waals surface area contributed by atoms with E-state index in [9.17, 15) is 18.0 Å². The van der Waals surface area contributed by atoms with Crippen LogP contribution in [0.15, 0.2) is 36.7 Å². The molecule has 2 aromatic rings. The van der Waals surface area contributed by atoms with Gasteiger partial charge < -0.3 is 4.90 Å². The molecule has 2 aliphatic rings. The number of halogens is 3. The van der Waals surface area contributed by atoms with Gasteiger partial charge in [0.15, 0.2) is 0 Å². The highest BCUT2D eigenvalue weighted by Crippen LogP contribution is 2.43. The van der Waals surface area contributed by atoms with Crippen LogP contribution in [0.4, 0.5) is 24.8 Å². The molecule has 1 spiro atoms. The molecule has 148 valence electrons. The van der Waals surface area contributed by atoms with Crippen LogP contribution in [0.25, 0.3) is 0 Å². The fourth-order valence-electron chi connectivity index (χ4n) is 4.23. The Morgan fingerprint density at radius 1 is 1.11 bits per heavy atom.